The molecule has 1 aliphatic heterocycles. The topological polar surface area (TPSA) is 60.7 Å². The maximum Gasteiger partial charge on any atom is 0.338 e. The monoisotopic (exact) mass is 428 g/mol. The summed E-state index contributed by atoms with van der Waals surface area (Å²) >= 11 is 2.71. The van der Waals surface area contributed by atoms with Crippen LogP contribution in [0.15, 0.2) is 62.8 Å². The zero-order valence-electron chi connectivity index (χ0n) is 15.7. The molecule has 1 atom stereocenters. The minimum absolute atomic E-state index is 0.238. The van der Waals surface area contributed by atoms with Crippen LogP contribution >= 0.6 is 22.7 Å². The highest BCUT2D eigenvalue weighted by Gasteiger charge is 2.33. The van der Waals surface area contributed by atoms with Gasteiger partial charge in [-0.2, -0.15) is 0 Å². The van der Waals surface area contributed by atoms with E-state index in [-0.39, 0.29) is 18.0 Å². The number of allylic oxidation sites excluding steroid dienone is 1. The number of rotatable bonds is 4. The molecule has 8 heteroatoms. The molecule has 148 valence electrons. The van der Waals surface area contributed by atoms with Crippen LogP contribution < -0.4 is 14.9 Å². The molecule has 0 aliphatic carbocycles. The van der Waals surface area contributed by atoms with Crippen molar-refractivity contribution in [2.75, 3.05) is 6.61 Å². The van der Waals surface area contributed by atoms with E-state index in [0.717, 1.165) is 4.88 Å². The molecule has 0 saturated carbocycles. The van der Waals surface area contributed by atoms with Crippen LogP contribution in [-0.2, 0) is 9.53 Å². The van der Waals surface area contributed by atoms with E-state index < -0.39 is 12.0 Å². The summed E-state index contributed by atoms with van der Waals surface area (Å²) in [5.41, 5.74) is 1.38. The van der Waals surface area contributed by atoms with E-state index >= 15 is 0 Å². The Morgan fingerprint density at radius 3 is 2.72 bits per heavy atom. The summed E-state index contributed by atoms with van der Waals surface area (Å²) in [4.78, 5) is 31.8. The lowest BCUT2D eigenvalue weighted by Gasteiger charge is -2.23. The van der Waals surface area contributed by atoms with Crippen molar-refractivity contribution >= 4 is 34.7 Å². The molecule has 1 unspecified atom stereocenters. The van der Waals surface area contributed by atoms with Gasteiger partial charge in [-0.05, 0) is 49.1 Å². The first-order valence-corrected chi connectivity index (χ1v) is 10.7. The molecular weight excluding hydrogens is 411 g/mol. The number of halogens is 1. The Balaban J connectivity index is 1.93. The summed E-state index contributed by atoms with van der Waals surface area (Å²) in [5.74, 6) is -0.809. The van der Waals surface area contributed by atoms with Crippen molar-refractivity contribution < 1.29 is 13.9 Å². The first-order chi connectivity index (χ1) is 14.0. The largest absolute Gasteiger partial charge is 0.463 e. The van der Waals surface area contributed by atoms with Crippen molar-refractivity contribution in [3.63, 3.8) is 0 Å². The van der Waals surface area contributed by atoms with Crippen LogP contribution in [0.25, 0.3) is 6.08 Å². The normalized spacial score (nSPS) is 16.5. The van der Waals surface area contributed by atoms with Crippen LogP contribution in [0.3, 0.4) is 0 Å². The molecule has 3 heterocycles. The molecule has 1 aliphatic rings. The number of carbonyl (C=O) groups is 1. The van der Waals surface area contributed by atoms with Gasteiger partial charge in [0.1, 0.15) is 11.9 Å². The molecule has 3 aromatic rings. The Labute approximate surface area is 173 Å². The lowest BCUT2D eigenvalue weighted by atomic mass is 10.0. The average Bonchev–Trinajstić information content (AvgIpc) is 3.32. The second-order valence-corrected chi connectivity index (χ2v) is 8.36. The molecule has 4 rings (SSSR count). The number of thiophene rings is 1. The van der Waals surface area contributed by atoms with E-state index in [1.165, 1.54) is 34.8 Å². The third-order valence-corrected chi connectivity index (χ3v) is 6.41. The SMILES string of the molecule is CCOC(=O)C1=C(C)N=c2s/c(=C/c3ccc(F)cc3)c(=O)n2C1c1cccs1. The van der Waals surface area contributed by atoms with E-state index in [9.17, 15) is 14.0 Å². The van der Waals surface area contributed by atoms with Crippen LogP contribution in [-0.4, -0.2) is 17.1 Å². The van der Waals surface area contributed by atoms with Gasteiger partial charge in [-0.3, -0.25) is 9.36 Å². The van der Waals surface area contributed by atoms with E-state index in [0.29, 0.717) is 26.2 Å². The number of benzene rings is 1. The van der Waals surface area contributed by atoms with Gasteiger partial charge >= 0.3 is 5.97 Å². The predicted molar refractivity (Wildman–Crippen MR) is 111 cm³/mol. The number of esters is 1. The first-order valence-electron chi connectivity index (χ1n) is 8.98. The number of fused-ring (bicyclic) bond motifs is 1. The molecule has 0 N–H and O–H groups in total. The standard InChI is InChI=1S/C21H17FN2O3S2/c1-3-27-20(26)17-12(2)23-21-24(18(17)15-5-4-10-28-15)19(25)16(29-21)11-13-6-8-14(22)9-7-13/h4-11,18H,3H2,1-2H3/b16-11+. The smallest absolute Gasteiger partial charge is 0.338 e. The molecule has 0 saturated heterocycles. The summed E-state index contributed by atoms with van der Waals surface area (Å²) in [6.45, 7) is 3.73. The zero-order valence-corrected chi connectivity index (χ0v) is 17.3. The molecule has 1 aromatic carbocycles. The number of hydrogen-bond donors (Lipinski definition) is 0. The first kappa shape index (κ1) is 19.5. The van der Waals surface area contributed by atoms with Gasteiger partial charge in [0.2, 0.25) is 0 Å². The summed E-state index contributed by atoms with van der Waals surface area (Å²) in [7, 11) is 0. The highest BCUT2D eigenvalue weighted by atomic mass is 32.1. The minimum atomic E-state index is -0.583. The Bertz CT molecular complexity index is 1270. The zero-order chi connectivity index (χ0) is 20.5. The molecule has 5 nitrogen and oxygen atoms in total. The number of thiazole rings is 1. The van der Waals surface area contributed by atoms with Crippen molar-refractivity contribution in [2.45, 2.75) is 19.9 Å². The van der Waals surface area contributed by atoms with Gasteiger partial charge in [0.05, 0.1) is 22.4 Å². The van der Waals surface area contributed by atoms with Gasteiger partial charge in [0.25, 0.3) is 5.56 Å². The second-order valence-electron chi connectivity index (χ2n) is 6.37. The number of hydrogen-bond acceptors (Lipinski definition) is 6. The average molecular weight is 429 g/mol. The van der Waals surface area contributed by atoms with Crippen molar-refractivity contribution in [3.8, 4) is 0 Å². The summed E-state index contributed by atoms with van der Waals surface area (Å²) in [5, 5.41) is 1.90. The summed E-state index contributed by atoms with van der Waals surface area (Å²) < 4.78 is 20.4. The van der Waals surface area contributed by atoms with Crippen molar-refractivity contribution in [1.82, 2.24) is 4.57 Å². The van der Waals surface area contributed by atoms with Crippen LogP contribution in [0.2, 0.25) is 0 Å². The fraction of sp³-hybridized carbons (Fsp3) is 0.190. The number of aromatic nitrogens is 1. The Hall–Kier alpha value is -2.84. The maximum atomic E-state index is 13.3. The lowest BCUT2D eigenvalue weighted by molar-refractivity contribution is -0.139. The van der Waals surface area contributed by atoms with Crippen LogP contribution in [0.1, 0.15) is 30.3 Å². The molecule has 2 aromatic heterocycles. The van der Waals surface area contributed by atoms with Gasteiger partial charge in [-0.15, -0.1) is 11.3 Å². The van der Waals surface area contributed by atoms with E-state index in [1.54, 1.807) is 36.6 Å². The Morgan fingerprint density at radius 1 is 1.31 bits per heavy atom. The summed E-state index contributed by atoms with van der Waals surface area (Å²) in [6, 6.07) is 9.11. The molecule has 0 spiro atoms. The van der Waals surface area contributed by atoms with E-state index in [1.807, 2.05) is 17.5 Å². The van der Waals surface area contributed by atoms with Gasteiger partial charge in [0, 0.05) is 4.88 Å². The molecule has 0 bridgehead atoms. The van der Waals surface area contributed by atoms with Gasteiger partial charge in [-0.1, -0.05) is 29.5 Å². The minimum Gasteiger partial charge on any atom is -0.463 e. The number of ether oxygens (including phenoxy) is 1. The van der Waals surface area contributed by atoms with Crippen LogP contribution in [0.4, 0.5) is 4.39 Å². The second kappa shape index (κ2) is 7.88. The molecule has 0 amide bonds. The summed E-state index contributed by atoms with van der Waals surface area (Å²) in [6.07, 6.45) is 1.71. The predicted octanol–water partition coefficient (Wildman–Crippen LogP) is 3.00. The van der Waals surface area contributed by atoms with Crippen LogP contribution in [0.5, 0.6) is 0 Å². The van der Waals surface area contributed by atoms with Gasteiger partial charge < -0.3 is 4.74 Å². The highest BCUT2D eigenvalue weighted by molar-refractivity contribution is 7.10. The fourth-order valence-electron chi connectivity index (χ4n) is 3.22. The third kappa shape index (κ3) is 3.61. The van der Waals surface area contributed by atoms with Gasteiger partial charge in [-0.25, -0.2) is 14.2 Å². The fourth-order valence-corrected chi connectivity index (χ4v) is 5.09. The lowest BCUT2D eigenvalue weighted by Crippen LogP contribution is -2.39. The number of carbonyl (C=O) groups excluding carboxylic acids is 1. The van der Waals surface area contributed by atoms with Gasteiger partial charge in [0.15, 0.2) is 4.80 Å². The maximum absolute atomic E-state index is 13.3. The van der Waals surface area contributed by atoms with Crippen molar-refractivity contribution in [2.24, 2.45) is 4.99 Å². The Kier molecular flexibility index (Phi) is 5.29. The molecule has 0 fully saturated rings. The molecule has 0 radical (unpaired) electrons. The molecule has 29 heavy (non-hydrogen) atoms. The van der Waals surface area contributed by atoms with Crippen molar-refractivity contribution in [1.29, 1.82) is 0 Å². The quantitative estimate of drug-likeness (QED) is 0.601. The van der Waals surface area contributed by atoms with E-state index in [4.69, 9.17) is 4.74 Å². The van der Waals surface area contributed by atoms with Crippen molar-refractivity contribution in [3.05, 3.63) is 89.0 Å². The number of nitrogens with zero attached hydrogens (tertiary/aromatic N) is 2. The molecular formula is C21H17FN2O3S2. The Morgan fingerprint density at radius 2 is 2.07 bits per heavy atom. The highest BCUT2D eigenvalue weighted by Crippen LogP contribution is 2.33. The third-order valence-electron chi connectivity index (χ3n) is 4.50. The van der Waals surface area contributed by atoms with Crippen LogP contribution in [0, 0.1) is 5.82 Å². The van der Waals surface area contributed by atoms with E-state index in [2.05, 4.69) is 4.99 Å².